The molecule has 1 amide bonds. The van der Waals surface area contributed by atoms with Gasteiger partial charge in [-0.05, 0) is 43.3 Å². The van der Waals surface area contributed by atoms with Crippen molar-refractivity contribution < 1.29 is 18.8 Å². The number of nitrogens with one attached hydrogen (secondary N) is 1. The lowest BCUT2D eigenvalue weighted by Gasteiger charge is -2.14. The first kappa shape index (κ1) is 16.7. The number of nitrogens with zero attached hydrogens (tertiary/aromatic N) is 1. The van der Waals surface area contributed by atoms with E-state index < -0.39 is 28.4 Å². The van der Waals surface area contributed by atoms with E-state index >= 15 is 0 Å². The van der Waals surface area contributed by atoms with Gasteiger partial charge in [0.2, 0.25) is 5.82 Å². The molecule has 0 bridgehead atoms. The summed E-state index contributed by atoms with van der Waals surface area (Å²) in [7, 11) is 0. The van der Waals surface area contributed by atoms with Crippen LogP contribution in [0.25, 0.3) is 0 Å². The van der Waals surface area contributed by atoms with Crippen LogP contribution < -0.4 is 10.1 Å². The van der Waals surface area contributed by atoms with Crippen molar-refractivity contribution in [3.05, 3.63) is 63.4 Å². The molecule has 23 heavy (non-hydrogen) atoms. The third-order valence-corrected chi connectivity index (χ3v) is 3.16. The summed E-state index contributed by atoms with van der Waals surface area (Å²) in [6, 6.07) is 9.54. The molecule has 1 N–H and O–H groups in total. The number of hydrogen-bond donors (Lipinski definition) is 1. The van der Waals surface area contributed by atoms with Gasteiger partial charge in [-0.25, -0.2) is 0 Å². The van der Waals surface area contributed by atoms with E-state index in [0.29, 0.717) is 10.8 Å². The first-order chi connectivity index (χ1) is 10.9. The Morgan fingerprint density at radius 3 is 2.57 bits per heavy atom. The summed E-state index contributed by atoms with van der Waals surface area (Å²) >= 11 is 5.75. The van der Waals surface area contributed by atoms with Crippen LogP contribution in [0.4, 0.5) is 15.8 Å². The van der Waals surface area contributed by atoms with Gasteiger partial charge in [0, 0.05) is 16.8 Å². The van der Waals surface area contributed by atoms with E-state index in [4.69, 9.17) is 16.3 Å². The SMILES string of the molecule is CC(Oc1ccc(Cl)cc1)C(=O)Nc1ccc(F)c([N+](=O)[O-])c1. The number of carbonyl (C=O) groups is 1. The number of amides is 1. The predicted molar refractivity (Wildman–Crippen MR) is 83.2 cm³/mol. The summed E-state index contributed by atoms with van der Waals surface area (Å²) in [5.74, 6) is -1.05. The molecule has 1 unspecified atom stereocenters. The Bertz CT molecular complexity index is 737. The summed E-state index contributed by atoms with van der Waals surface area (Å²) in [6.07, 6.45) is -0.861. The zero-order chi connectivity index (χ0) is 17.0. The molecule has 0 aliphatic carbocycles. The summed E-state index contributed by atoms with van der Waals surface area (Å²) in [4.78, 5) is 21.8. The third-order valence-electron chi connectivity index (χ3n) is 2.91. The smallest absolute Gasteiger partial charge is 0.306 e. The molecule has 0 saturated heterocycles. The number of carbonyl (C=O) groups excluding carboxylic acids is 1. The monoisotopic (exact) mass is 338 g/mol. The lowest BCUT2D eigenvalue weighted by atomic mass is 10.2. The second-order valence-corrected chi connectivity index (χ2v) is 5.06. The summed E-state index contributed by atoms with van der Waals surface area (Å²) in [5, 5.41) is 13.6. The van der Waals surface area contributed by atoms with E-state index in [0.717, 1.165) is 12.1 Å². The average molecular weight is 339 g/mol. The van der Waals surface area contributed by atoms with Crippen LogP contribution in [0.5, 0.6) is 5.75 Å². The van der Waals surface area contributed by atoms with Crippen LogP contribution in [0.2, 0.25) is 5.02 Å². The first-order valence-corrected chi connectivity index (χ1v) is 6.91. The molecule has 0 heterocycles. The predicted octanol–water partition coefficient (Wildman–Crippen LogP) is 3.79. The van der Waals surface area contributed by atoms with Gasteiger partial charge in [-0.1, -0.05) is 11.6 Å². The Kier molecular flexibility index (Phi) is 5.13. The van der Waals surface area contributed by atoms with Gasteiger partial charge in [-0.15, -0.1) is 0 Å². The van der Waals surface area contributed by atoms with E-state index in [2.05, 4.69) is 5.32 Å². The van der Waals surface area contributed by atoms with Gasteiger partial charge in [0.25, 0.3) is 5.91 Å². The highest BCUT2D eigenvalue weighted by atomic mass is 35.5. The second-order valence-electron chi connectivity index (χ2n) is 4.63. The Hall–Kier alpha value is -2.67. The maximum atomic E-state index is 13.2. The van der Waals surface area contributed by atoms with Gasteiger partial charge >= 0.3 is 5.69 Å². The number of halogens is 2. The van der Waals surface area contributed by atoms with Crippen LogP contribution in [0.3, 0.4) is 0 Å². The molecular formula is C15H12ClFN2O4. The molecule has 0 aliphatic rings. The topological polar surface area (TPSA) is 81.5 Å². The highest BCUT2D eigenvalue weighted by Crippen LogP contribution is 2.22. The van der Waals surface area contributed by atoms with Crippen LogP contribution in [0.15, 0.2) is 42.5 Å². The molecule has 0 spiro atoms. The molecule has 0 saturated carbocycles. The lowest BCUT2D eigenvalue weighted by Crippen LogP contribution is -2.30. The molecule has 0 radical (unpaired) electrons. The normalized spacial score (nSPS) is 11.6. The lowest BCUT2D eigenvalue weighted by molar-refractivity contribution is -0.387. The molecular weight excluding hydrogens is 327 g/mol. The van der Waals surface area contributed by atoms with E-state index in [1.165, 1.54) is 13.0 Å². The Morgan fingerprint density at radius 2 is 1.96 bits per heavy atom. The van der Waals surface area contributed by atoms with Gasteiger partial charge < -0.3 is 10.1 Å². The molecule has 0 aromatic heterocycles. The van der Waals surface area contributed by atoms with Gasteiger partial charge in [-0.3, -0.25) is 14.9 Å². The molecule has 1 atom stereocenters. The van der Waals surface area contributed by atoms with E-state index in [1.54, 1.807) is 24.3 Å². The molecule has 120 valence electrons. The highest BCUT2D eigenvalue weighted by molar-refractivity contribution is 6.30. The van der Waals surface area contributed by atoms with Crippen LogP contribution in [0.1, 0.15) is 6.92 Å². The molecule has 8 heteroatoms. The zero-order valence-electron chi connectivity index (χ0n) is 12.0. The fraction of sp³-hybridized carbons (Fsp3) is 0.133. The Labute approximate surface area is 136 Å². The Morgan fingerprint density at radius 1 is 1.30 bits per heavy atom. The molecule has 6 nitrogen and oxygen atoms in total. The summed E-state index contributed by atoms with van der Waals surface area (Å²) < 4.78 is 18.7. The molecule has 2 rings (SSSR count). The molecule has 0 fully saturated rings. The van der Waals surface area contributed by atoms with E-state index in [-0.39, 0.29) is 5.69 Å². The third kappa shape index (κ3) is 4.40. The molecule has 2 aromatic rings. The molecule has 2 aromatic carbocycles. The van der Waals surface area contributed by atoms with Crippen molar-refractivity contribution in [2.45, 2.75) is 13.0 Å². The fourth-order valence-corrected chi connectivity index (χ4v) is 1.87. The maximum absolute atomic E-state index is 13.2. The van der Waals surface area contributed by atoms with Crippen molar-refractivity contribution in [3.63, 3.8) is 0 Å². The van der Waals surface area contributed by atoms with Crippen LogP contribution in [0, 0.1) is 15.9 Å². The number of anilines is 1. The zero-order valence-corrected chi connectivity index (χ0v) is 12.7. The number of hydrogen-bond acceptors (Lipinski definition) is 4. The minimum absolute atomic E-state index is 0.106. The van der Waals surface area contributed by atoms with Crippen molar-refractivity contribution in [2.24, 2.45) is 0 Å². The highest BCUT2D eigenvalue weighted by Gasteiger charge is 2.18. The quantitative estimate of drug-likeness (QED) is 0.664. The minimum atomic E-state index is -0.974. The number of ether oxygens (including phenoxy) is 1. The fourth-order valence-electron chi connectivity index (χ4n) is 1.75. The van der Waals surface area contributed by atoms with Crippen LogP contribution in [-0.2, 0) is 4.79 Å². The van der Waals surface area contributed by atoms with Crippen LogP contribution >= 0.6 is 11.6 Å². The second kappa shape index (κ2) is 7.06. The number of nitro benzene ring substituents is 1. The average Bonchev–Trinajstić information content (AvgIpc) is 2.51. The van der Waals surface area contributed by atoms with Crippen molar-refractivity contribution >= 4 is 28.9 Å². The van der Waals surface area contributed by atoms with Crippen molar-refractivity contribution in [3.8, 4) is 5.75 Å². The molecule has 0 aliphatic heterocycles. The van der Waals surface area contributed by atoms with E-state index in [9.17, 15) is 19.3 Å². The first-order valence-electron chi connectivity index (χ1n) is 6.54. The minimum Gasteiger partial charge on any atom is -0.481 e. The standard InChI is InChI=1S/C15H12ClFN2O4/c1-9(23-12-5-2-10(16)3-6-12)15(20)18-11-4-7-13(17)14(8-11)19(21)22/h2-9H,1H3,(H,18,20). The number of rotatable bonds is 5. The number of nitro groups is 1. The van der Waals surface area contributed by atoms with Crippen molar-refractivity contribution in [2.75, 3.05) is 5.32 Å². The summed E-state index contributed by atoms with van der Waals surface area (Å²) in [6.45, 7) is 1.52. The van der Waals surface area contributed by atoms with Gasteiger partial charge in [0.15, 0.2) is 6.10 Å². The van der Waals surface area contributed by atoms with Crippen LogP contribution in [-0.4, -0.2) is 16.9 Å². The van der Waals surface area contributed by atoms with Gasteiger partial charge in [0.1, 0.15) is 5.75 Å². The van der Waals surface area contributed by atoms with Gasteiger partial charge in [-0.2, -0.15) is 4.39 Å². The van der Waals surface area contributed by atoms with Crippen molar-refractivity contribution in [1.29, 1.82) is 0 Å². The summed E-state index contributed by atoms with van der Waals surface area (Å²) in [5.41, 5.74) is -0.608. The Balaban J connectivity index is 2.04. The largest absolute Gasteiger partial charge is 0.481 e. The van der Waals surface area contributed by atoms with E-state index in [1.807, 2.05) is 0 Å². The maximum Gasteiger partial charge on any atom is 0.306 e. The van der Waals surface area contributed by atoms with Crippen molar-refractivity contribution in [1.82, 2.24) is 0 Å². The number of benzene rings is 2. The van der Waals surface area contributed by atoms with Gasteiger partial charge in [0.05, 0.1) is 4.92 Å².